The fourth-order valence-electron chi connectivity index (χ4n) is 3.28. The van der Waals surface area contributed by atoms with Gasteiger partial charge in [-0.3, -0.25) is 4.79 Å². The van der Waals surface area contributed by atoms with E-state index in [1.165, 1.54) is 0 Å². The lowest BCUT2D eigenvalue weighted by Gasteiger charge is -2.47. The van der Waals surface area contributed by atoms with E-state index < -0.39 is 14.3 Å². The van der Waals surface area contributed by atoms with Crippen LogP contribution in [0.5, 0.6) is 0 Å². The van der Waals surface area contributed by atoms with Gasteiger partial charge in [0, 0.05) is 0 Å². The highest BCUT2D eigenvalue weighted by atomic mass is 28.4. The van der Waals surface area contributed by atoms with Crippen LogP contribution in [0.25, 0.3) is 0 Å². The minimum Gasteiger partial charge on any atom is -0.481 e. The van der Waals surface area contributed by atoms with E-state index in [9.17, 15) is 9.90 Å². The van der Waals surface area contributed by atoms with Crippen LogP contribution in [-0.4, -0.2) is 37.7 Å². The maximum atomic E-state index is 11.2. The van der Waals surface area contributed by atoms with Crippen molar-refractivity contribution in [2.75, 3.05) is 0 Å². The highest BCUT2D eigenvalue weighted by Gasteiger charge is 2.45. The Morgan fingerprint density at radius 3 is 2.42 bits per heavy atom. The molecule has 1 fully saturated rings. The second-order valence-electron chi connectivity index (χ2n) is 9.13. The zero-order chi connectivity index (χ0) is 18.7. The molecule has 0 aromatic carbocycles. The highest BCUT2D eigenvalue weighted by molar-refractivity contribution is 6.74. The van der Waals surface area contributed by atoms with Gasteiger partial charge < -0.3 is 14.3 Å². The van der Waals surface area contributed by atoms with Crippen LogP contribution in [0, 0.1) is 11.8 Å². The molecule has 0 aliphatic carbocycles. The van der Waals surface area contributed by atoms with Crippen molar-refractivity contribution in [1.82, 2.24) is 0 Å². The number of hydrogen-bond acceptors (Lipinski definition) is 3. The smallest absolute Gasteiger partial charge is 0.303 e. The summed E-state index contributed by atoms with van der Waals surface area (Å²) in [5.41, 5.74) is 0. The molecule has 0 radical (unpaired) electrons. The lowest BCUT2D eigenvalue weighted by Crippen LogP contribution is -2.54. The first-order valence-corrected chi connectivity index (χ1v) is 12.3. The first-order chi connectivity index (χ1) is 10.9. The number of aliphatic carboxylic acids is 1. The van der Waals surface area contributed by atoms with Gasteiger partial charge in [0.05, 0.1) is 24.7 Å². The molecule has 0 spiro atoms. The van der Waals surface area contributed by atoms with Gasteiger partial charge in [0.25, 0.3) is 0 Å². The van der Waals surface area contributed by atoms with Gasteiger partial charge in [0.15, 0.2) is 8.32 Å². The summed E-state index contributed by atoms with van der Waals surface area (Å²) < 4.78 is 13.1. The van der Waals surface area contributed by atoms with Crippen molar-refractivity contribution >= 4 is 14.3 Å². The molecular weight excluding hydrogens is 320 g/mol. The molecule has 1 rings (SSSR count). The van der Waals surface area contributed by atoms with Crippen molar-refractivity contribution in [2.45, 2.75) is 104 Å². The summed E-state index contributed by atoms with van der Waals surface area (Å²) in [6.45, 7) is 17.6. The second kappa shape index (κ2) is 8.32. The molecule has 0 aromatic heterocycles. The van der Waals surface area contributed by atoms with Gasteiger partial charge in [-0.1, -0.05) is 48.0 Å². The average Bonchev–Trinajstić information content (AvgIpc) is 2.39. The summed E-state index contributed by atoms with van der Waals surface area (Å²) in [5.74, 6) is -0.347. The number of rotatable bonds is 7. The molecule has 1 heterocycles. The molecule has 0 unspecified atom stereocenters. The average molecular weight is 359 g/mol. The van der Waals surface area contributed by atoms with Crippen molar-refractivity contribution in [3.8, 4) is 0 Å². The molecule has 5 heteroatoms. The van der Waals surface area contributed by atoms with Crippen molar-refractivity contribution in [1.29, 1.82) is 0 Å². The van der Waals surface area contributed by atoms with Crippen LogP contribution in [0.1, 0.15) is 67.2 Å². The van der Waals surface area contributed by atoms with Gasteiger partial charge in [0.2, 0.25) is 0 Å². The SMILES string of the molecule is CCC[C@H]1O[C@@H]([C@@H](C)CC(=O)O)[C@@H](O[Si](C)(C)C(C)(C)C)C[C@H]1C. The predicted octanol–water partition coefficient (Wildman–Crippen LogP) is 5.08. The molecule has 142 valence electrons. The topological polar surface area (TPSA) is 55.8 Å². The summed E-state index contributed by atoms with van der Waals surface area (Å²) in [5, 5.41) is 9.33. The molecule has 0 amide bonds. The molecule has 24 heavy (non-hydrogen) atoms. The summed E-state index contributed by atoms with van der Waals surface area (Å²) in [4.78, 5) is 11.2. The van der Waals surface area contributed by atoms with Crippen molar-refractivity contribution in [2.24, 2.45) is 11.8 Å². The Kier molecular flexibility index (Phi) is 7.51. The van der Waals surface area contributed by atoms with Crippen LogP contribution in [0.2, 0.25) is 18.1 Å². The molecular formula is C19H38O4Si. The van der Waals surface area contributed by atoms with E-state index in [1.54, 1.807) is 0 Å². The Morgan fingerprint density at radius 2 is 1.96 bits per heavy atom. The lowest BCUT2D eigenvalue weighted by atomic mass is 9.84. The molecule has 0 aromatic rings. The Morgan fingerprint density at radius 1 is 1.38 bits per heavy atom. The molecule has 0 bridgehead atoms. The minimum atomic E-state index is -1.92. The monoisotopic (exact) mass is 358 g/mol. The summed E-state index contributed by atoms with van der Waals surface area (Å²) in [6.07, 6.45) is 3.32. The lowest BCUT2D eigenvalue weighted by molar-refractivity contribution is -0.163. The van der Waals surface area contributed by atoms with Crippen molar-refractivity contribution < 1.29 is 19.1 Å². The van der Waals surface area contributed by atoms with Crippen molar-refractivity contribution in [3.05, 3.63) is 0 Å². The zero-order valence-electron chi connectivity index (χ0n) is 16.9. The van der Waals surface area contributed by atoms with Crippen LogP contribution >= 0.6 is 0 Å². The summed E-state index contributed by atoms with van der Waals surface area (Å²) in [7, 11) is -1.92. The fraction of sp³-hybridized carbons (Fsp3) is 0.947. The van der Waals surface area contributed by atoms with Gasteiger partial charge in [-0.2, -0.15) is 0 Å². The van der Waals surface area contributed by atoms with Crippen LogP contribution < -0.4 is 0 Å². The molecule has 0 saturated carbocycles. The van der Waals surface area contributed by atoms with Crippen LogP contribution in [-0.2, 0) is 14.0 Å². The minimum absolute atomic E-state index is 0.00310. The maximum absolute atomic E-state index is 11.2. The Hall–Kier alpha value is -0.393. The third-order valence-electron chi connectivity index (χ3n) is 5.82. The van der Waals surface area contributed by atoms with E-state index in [4.69, 9.17) is 9.16 Å². The normalized spacial score (nSPS) is 30.2. The molecule has 1 saturated heterocycles. The molecule has 4 nitrogen and oxygen atoms in total. The zero-order valence-corrected chi connectivity index (χ0v) is 17.9. The van der Waals surface area contributed by atoms with Gasteiger partial charge >= 0.3 is 5.97 Å². The van der Waals surface area contributed by atoms with E-state index in [1.807, 2.05) is 6.92 Å². The van der Waals surface area contributed by atoms with Gasteiger partial charge in [-0.05, 0) is 42.8 Å². The Labute approximate surface area is 149 Å². The van der Waals surface area contributed by atoms with Gasteiger partial charge in [0.1, 0.15) is 0 Å². The van der Waals surface area contributed by atoms with E-state index in [2.05, 4.69) is 47.7 Å². The molecule has 1 aliphatic heterocycles. The number of ether oxygens (including phenoxy) is 1. The standard InChI is InChI=1S/C19H38O4Si/c1-9-10-15-13(2)11-16(23-24(7,8)19(4,5)6)18(22-15)14(3)12-17(20)21/h13-16,18H,9-12H2,1-8H3,(H,20,21)/t13-,14+,15-,16+,18+/m1/s1. The quantitative estimate of drug-likeness (QED) is 0.645. The summed E-state index contributed by atoms with van der Waals surface area (Å²) in [6, 6.07) is 0. The van der Waals surface area contributed by atoms with Crippen LogP contribution in [0.3, 0.4) is 0 Å². The Balaban J connectivity index is 2.98. The van der Waals surface area contributed by atoms with E-state index in [-0.39, 0.29) is 35.7 Å². The summed E-state index contributed by atoms with van der Waals surface area (Å²) >= 11 is 0. The van der Waals surface area contributed by atoms with Gasteiger partial charge in [-0.15, -0.1) is 0 Å². The first-order valence-electron chi connectivity index (χ1n) is 9.44. The Bertz CT molecular complexity index is 416. The third-order valence-corrected chi connectivity index (χ3v) is 10.3. The highest BCUT2D eigenvalue weighted by Crippen LogP contribution is 2.41. The fourth-order valence-corrected chi connectivity index (χ4v) is 4.62. The largest absolute Gasteiger partial charge is 0.481 e. The number of carbonyl (C=O) groups is 1. The van der Waals surface area contributed by atoms with Crippen LogP contribution in [0.4, 0.5) is 0 Å². The first kappa shape index (κ1) is 21.6. The maximum Gasteiger partial charge on any atom is 0.303 e. The number of hydrogen-bond donors (Lipinski definition) is 1. The number of carboxylic acids is 1. The number of carboxylic acid groups (broad SMARTS) is 1. The predicted molar refractivity (Wildman–Crippen MR) is 101 cm³/mol. The van der Waals surface area contributed by atoms with E-state index >= 15 is 0 Å². The molecule has 5 atom stereocenters. The third kappa shape index (κ3) is 5.56. The molecule has 1 N–H and O–H groups in total. The van der Waals surface area contributed by atoms with Crippen molar-refractivity contribution in [3.63, 3.8) is 0 Å². The van der Waals surface area contributed by atoms with Gasteiger partial charge in [-0.25, -0.2) is 0 Å². The molecule has 1 aliphatic rings. The van der Waals surface area contributed by atoms with E-state index in [0.717, 1.165) is 19.3 Å². The second-order valence-corrected chi connectivity index (χ2v) is 13.9. The van der Waals surface area contributed by atoms with E-state index in [0.29, 0.717) is 5.92 Å². The van der Waals surface area contributed by atoms with Crippen LogP contribution in [0.15, 0.2) is 0 Å².